The molecule has 3 N–H and O–H groups in total. The number of hydrogen-bond acceptors (Lipinski definition) is 4. The normalized spacial score (nSPS) is 14.3. The molecule has 13 heteroatoms. The van der Waals surface area contributed by atoms with Gasteiger partial charge in [0.25, 0.3) is 5.91 Å². The molecule has 2 unspecified atom stereocenters. The summed E-state index contributed by atoms with van der Waals surface area (Å²) in [5.41, 5.74) is -4.52. The van der Waals surface area contributed by atoms with E-state index in [9.17, 15) is 39.6 Å². The van der Waals surface area contributed by atoms with Gasteiger partial charge >= 0.3 is 11.0 Å². The molecule has 158 valence electrons. The predicted octanol–water partition coefficient (Wildman–Crippen LogP) is 4.08. The van der Waals surface area contributed by atoms with Crippen LogP contribution in [0.25, 0.3) is 0 Å². The van der Waals surface area contributed by atoms with Gasteiger partial charge in [0.15, 0.2) is 21.6 Å². The summed E-state index contributed by atoms with van der Waals surface area (Å²) in [6.07, 6.45) is 0. The van der Waals surface area contributed by atoms with Gasteiger partial charge in [0.1, 0.15) is 0 Å². The smallest absolute Gasteiger partial charge is 0.398 e. The van der Waals surface area contributed by atoms with E-state index >= 15 is 0 Å². The Balaban J connectivity index is 2.51. The first kappa shape index (κ1) is 22.9. The van der Waals surface area contributed by atoms with E-state index in [2.05, 4.69) is 5.32 Å². The third-order valence-corrected chi connectivity index (χ3v) is 5.70. The number of hydrogen-bond donors (Lipinski definition) is 2. The molecular formula is C16H12F6N2O3S2. The van der Waals surface area contributed by atoms with Crippen molar-refractivity contribution >= 4 is 38.9 Å². The number of nitrogens with one attached hydrogen (secondary N) is 1. The lowest BCUT2D eigenvalue weighted by Gasteiger charge is -2.13. The maximum atomic E-state index is 12.8. The Kier molecular flexibility index (Phi) is 6.42. The fraction of sp³-hybridized carbons (Fsp3) is 0.188. The van der Waals surface area contributed by atoms with Crippen LogP contribution in [0.2, 0.25) is 0 Å². The monoisotopic (exact) mass is 458 g/mol. The van der Waals surface area contributed by atoms with Crippen LogP contribution in [0.3, 0.4) is 0 Å². The van der Waals surface area contributed by atoms with Crippen LogP contribution >= 0.6 is 0 Å². The zero-order chi connectivity index (χ0) is 22.1. The summed E-state index contributed by atoms with van der Waals surface area (Å²) in [5, 5.41) is 2.26. The lowest BCUT2D eigenvalue weighted by atomic mass is 10.1. The summed E-state index contributed by atoms with van der Waals surface area (Å²) >= 11 is 0. The van der Waals surface area contributed by atoms with E-state index in [4.69, 9.17) is 5.73 Å². The van der Waals surface area contributed by atoms with Gasteiger partial charge in [-0.15, -0.1) is 0 Å². The Morgan fingerprint density at radius 2 is 1.38 bits per heavy atom. The Hall–Kier alpha value is -2.41. The van der Waals surface area contributed by atoms with Gasteiger partial charge in [-0.25, -0.2) is 8.42 Å². The largest absolute Gasteiger partial charge is 0.475 e. The number of nitrogens with two attached hydrogens (primary N) is 1. The average molecular weight is 458 g/mol. The molecule has 0 aliphatic rings. The minimum atomic E-state index is -5.29. The number of carbonyl (C=O) groups is 1. The van der Waals surface area contributed by atoms with Crippen molar-refractivity contribution in [1.29, 1.82) is 0 Å². The van der Waals surface area contributed by atoms with Crippen LogP contribution < -0.4 is 11.1 Å². The molecule has 0 fully saturated rings. The van der Waals surface area contributed by atoms with Crippen molar-refractivity contribution in [3.8, 4) is 0 Å². The second kappa shape index (κ2) is 8.14. The van der Waals surface area contributed by atoms with E-state index in [1.54, 1.807) is 6.92 Å². The maximum absolute atomic E-state index is 12.8. The van der Waals surface area contributed by atoms with E-state index in [0.29, 0.717) is 17.7 Å². The van der Waals surface area contributed by atoms with Crippen LogP contribution in [0.4, 0.5) is 37.7 Å². The number of halogens is 6. The lowest BCUT2D eigenvalue weighted by molar-refractivity contribution is -0.0389. The van der Waals surface area contributed by atoms with E-state index < -0.39 is 53.9 Å². The molecule has 2 aromatic carbocycles. The van der Waals surface area contributed by atoms with Gasteiger partial charge in [-0.1, -0.05) is 6.07 Å². The fourth-order valence-corrected chi connectivity index (χ4v) is 3.65. The Morgan fingerprint density at radius 3 is 1.79 bits per heavy atom. The Labute approximate surface area is 165 Å². The Morgan fingerprint density at radius 1 is 0.897 bits per heavy atom. The number of carbonyl (C=O) groups excluding carboxylic acids is 1. The topological polar surface area (TPSA) is 89.3 Å². The number of aryl methyl sites for hydroxylation is 1. The number of alkyl halides is 6. The van der Waals surface area contributed by atoms with Gasteiger partial charge in [0, 0.05) is 26.7 Å². The number of nitrogen functional groups attached to an aromatic ring is 1. The first-order chi connectivity index (χ1) is 13.2. The lowest BCUT2D eigenvalue weighted by Crippen LogP contribution is -2.21. The molecule has 29 heavy (non-hydrogen) atoms. The van der Waals surface area contributed by atoms with Gasteiger partial charge in [-0.3, -0.25) is 4.79 Å². The first-order valence-corrected chi connectivity index (χ1v) is 9.80. The van der Waals surface area contributed by atoms with Crippen molar-refractivity contribution in [2.24, 2.45) is 0 Å². The summed E-state index contributed by atoms with van der Waals surface area (Å²) in [4.78, 5) is 10.1. The molecule has 5 nitrogen and oxygen atoms in total. The van der Waals surface area contributed by atoms with Gasteiger partial charge in [0.05, 0.1) is 0 Å². The van der Waals surface area contributed by atoms with E-state index in [1.807, 2.05) is 0 Å². The third-order valence-electron chi connectivity index (χ3n) is 3.53. The summed E-state index contributed by atoms with van der Waals surface area (Å²) in [6, 6.07) is 5.56. The molecule has 0 aliphatic carbocycles. The van der Waals surface area contributed by atoms with Gasteiger partial charge in [-0.2, -0.15) is 26.3 Å². The van der Waals surface area contributed by atoms with Gasteiger partial charge in [0.2, 0.25) is 0 Å². The predicted molar refractivity (Wildman–Crippen MR) is 94.9 cm³/mol. The van der Waals surface area contributed by atoms with Crippen molar-refractivity contribution in [2.45, 2.75) is 27.7 Å². The van der Waals surface area contributed by atoms with Crippen LogP contribution in [0.5, 0.6) is 0 Å². The molecule has 0 bridgehead atoms. The van der Waals surface area contributed by atoms with Gasteiger partial charge in [-0.05, 0) is 42.8 Å². The minimum Gasteiger partial charge on any atom is -0.398 e. The van der Waals surface area contributed by atoms with Crippen LogP contribution in [-0.4, -0.2) is 25.3 Å². The fourth-order valence-electron chi connectivity index (χ4n) is 2.11. The van der Waals surface area contributed by atoms with Crippen LogP contribution in [-0.2, 0) is 21.6 Å². The summed E-state index contributed by atoms with van der Waals surface area (Å²) < 4.78 is 99.6. The molecular weight excluding hydrogens is 446 g/mol. The minimum absolute atomic E-state index is 0.124. The van der Waals surface area contributed by atoms with Crippen molar-refractivity contribution in [3.05, 3.63) is 47.5 Å². The molecule has 0 aliphatic heterocycles. The van der Waals surface area contributed by atoms with E-state index in [-0.39, 0.29) is 17.4 Å². The Bertz CT molecular complexity index is 961. The number of rotatable bonds is 4. The van der Waals surface area contributed by atoms with Crippen LogP contribution in [0.15, 0.2) is 46.2 Å². The summed E-state index contributed by atoms with van der Waals surface area (Å²) in [5.74, 6) is -1.10. The maximum Gasteiger partial charge on any atom is 0.475 e. The highest BCUT2D eigenvalue weighted by Crippen LogP contribution is 2.32. The molecule has 0 saturated carbocycles. The second-order valence-electron chi connectivity index (χ2n) is 5.65. The summed E-state index contributed by atoms with van der Waals surface area (Å²) in [6.45, 7) is 1.68. The first-order valence-electron chi connectivity index (χ1n) is 7.50. The molecule has 0 spiro atoms. The molecule has 2 atom stereocenters. The third kappa shape index (κ3) is 5.56. The molecule has 2 rings (SSSR count). The molecule has 2 aromatic rings. The quantitative estimate of drug-likeness (QED) is 0.534. The SMILES string of the molecule is Cc1ccc(NC(=O)c2cc(S(=O)C(F)(F)F)cc(S(=O)C(F)(F)F)c2)cc1N. The molecule has 0 heterocycles. The van der Waals surface area contributed by atoms with Crippen LogP contribution in [0, 0.1) is 6.92 Å². The standard InChI is InChI=1S/C16H12F6N2O3S2/c1-8-2-3-10(6-13(8)23)24-14(25)9-4-11(28(26)15(17,18)19)7-12(5-9)29(27)16(20,21)22/h2-7H,23H2,1H3,(H,24,25). The molecule has 0 radical (unpaired) electrons. The average Bonchev–Trinajstić information content (AvgIpc) is 2.61. The number of benzene rings is 2. The van der Waals surface area contributed by atoms with Crippen molar-refractivity contribution in [3.63, 3.8) is 0 Å². The highest BCUT2D eigenvalue weighted by molar-refractivity contribution is 7.86. The molecule has 0 aromatic heterocycles. The molecule has 0 saturated heterocycles. The van der Waals surface area contributed by atoms with Crippen molar-refractivity contribution < 1.29 is 39.6 Å². The van der Waals surface area contributed by atoms with E-state index in [0.717, 1.165) is 0 Å². The van der Waals surface area contributed by atoms with E-state index in [1.165, 1.54) is 18.2 Å². The van der Waals surface area contributed by atoms with Crippen molar-refractivity contribution in [1.82, 2.24) is 0 Å². The highest BCUT2D eigenvalue weighted by Gasteiger charge is 2.41. The van der Waals surface area contributed by atoms with Crippen molar-refractivity contribution in [2.75, 3.05) is 11.1 Å². The summed E-state index contributed by atoms with van der Waals surface area (Å²) in [7, 11) is -7.47. The zero-order valence-electron chi connectivity index (χ0n) is 14.4. The zero-order valence-corrected chi connectivity index (χ0v) is 16.0. The second-order valence-corrected chi connectivity index (χ2v) is 8.59. The number of amides is 1. The van der Waals surface area contributed by atoms with Crippen LogP contribution in [0.1, 0.15) is 15.9 Å². The van der Waals surface area contributed by atoms with Gasteiger partial charge < -0.3 is 11.1 Å². The molecule has 1 amide bonds. The highest BCUT2D eigenvalue weighted by atomic mass is 32.2. The number of anilines is 2.